The molecule has 0 aliphatic rings. The Hall–Kier alpha value is -3.45. The fourth-order valence-corrected chi connectivity index (χ4v) is 3.16. The maximum atomic E-state index is 12.8. The number of aromatic nitrogens is 1. The second-order valence-corrected chi connectivity index (χ2v) is 10.2. The summed E-state index contributed by atoms with van der Waals surface area (Å²) in [4.78, 5) is 52.4. The molecule has 0 spiro atoms. The first-order chi connectivity index (χ1) is 16.5. The normalized spacial score (nSPS) is 13.4. The number of carbonyl (C=O) groups excluding carboxylic acids is 2. The van der Waals surface area contributed by atoms with Gasteiger partial charge in [-0.15, -0.1) is 0 Å². The third-order valence-electron chi connectivity index (χ3n) is 4.98. The molecule has 0 aliphatic carbocycles. The summed E-state index contributed by atoms with van der Waals surface area (Å²) in [5.74, 6) is -3.92. The zero-order valence-electron chi connectivity index (χ0n) is 21.5. The van der Waals surface area contributed by atoms with Gasteiger partial charge in [-0.25, -0.2) is 20.2 Å². The van der Waals surface area contributed by atoms with Gasteiger partial charge in [0.25, 0.3) is 5.91 Å². The molecule has 0 radical (unpaired) electrons. The number of hydrogen-bond donors (Lipinski definition) is 6. The molecule has 0 aromatic carbocycles. The Balaban J connectivity index is 2.98. The summed E-state index contributed by atoms with van der Waals surface area (Å²) in [5, 5.41) is 29.8. The van der Waals surface area contributed by atoms with E-state index < -0.39 is 46.9 Å². The number of aliphatic hydroxyl groups is 1. The number of ether oxygens (including phenoxy) is 1. The highest BCUT2D eigenvalue weighted by molar-refractivity contribution is 5.94. The van der Waals surface area contributed by atoms with Crippen molar-refractivity contribution in [2.75, 3.05) is 18.6 Å². The highest BCUT2D eigenvalue weighted by Crippen LogP contribution is 2.31. The van der Waals surface area contributed by atoms with Crippen LogP contribution in [0.15, 0.2) is 18.3 Å². The highest BCUT2D eigenvalue weighted by atomic mass is 16.6. The first-order valence-electron chi connectivity index (χ1n) is 11.4. The number of amides is 2. The number of hydrazine groups is 2. The molecule has 0 aliphatic heterocycles. The number of carboxylic acids is 2. The van der Waals surface area contributed by atoms with Crippen molar-refractivity contribution in [3.05, 3.63) is 23.9 Å². The highest BCUT2D eigenvalue weighted by Gasteiger charge is 2.38. The third-order valence-corrected chi connectivity index (χ3v) is 4.98. The van der Waals surface area contributed by atoms with E-state index in [1.54, 1.807) is 41.5 Å². The summed E-state index contributed by atoms with van der Waals surface area (Å²) in [7, 11) is 0. The van der Waals surface area contributed by atoms with Gasteiger partial charge in [-0.2, -0.15) is 0 Å². The van der Waals surface area contributed by atoms with Gasteiger partial charge in [0, 0.05) is 19.3 Å². The van der Waals surface area contributed by atoms with Crippen LogP contribution in [0.3, 0.4) is 0 Å². The molecule has 202 valence electrons. The van der Waals surface area contributed by atoms with E-state index in [2.05, 4.69) is 21.3 Å². The maximum Gasteiger partial charge on any atom is 0.426 e. The van der Waals surface area contributed by atoms with Gasteiger partial charge in [0.2, 0.25) is 0 Å². The predicted molar refractivity (Wildman–Crippen MR) is 130 cm³/mol. The van der Waals surface area contributed by atoms with E-state index in [9.17, 15) is 34.5 Å². The van der Waals surface area contributed by atoms with Gasteiger partial charge in [-0.1, -0.05) is 20.8 Å². The Kier molecular flexibility index (Phi) is 11.1. The van der Waals surface area contributed by atoms with Crippen molar-refractivity contribution in [2.45, 2.75) is 66.0 Å². The number of pyridine rings is 1. The van der Waals surface area contributed by atoms with Crippen molar-refractivity contribution in [1.82, 2.24) is 20.8 Å². The lowest BCUT2D eigenvalue weighted by Gasteiger charge is -2.34. The van der Waals surface area contributed by atoms with Crippen molar-refractivity contribution in [3.63, 3.8) is 0 Å². The van der Waals surface area contributed by atoms with Crippen LogP contribution in [0, 0.1) is 11.3 Å². The fraction of sp³-hybridized carbons (Fsp3) is 0.609. The van der Waals surface area contributed by atoms with Crippen LogP contribution in [0.2, 0.25) is 0 Å². The topological polar surface area (TPSA) is 190 Å². The van der Waals surface area contributed by atoms with Crippen molar-refractivity contribution in [1.29, 1.82) is 0 Å². The smallest absolute Gasteiger partial charge is 0.426 e. The summed E-state index contributed by atoms with van der Waals surface area (Å²) in [6.45, 7) is 9.93. The van der Waals surface area contributed by atoms with Crippen LogP contribution >= 0.6 is 0 Å². The van der Waals surface area contributed by atoms with Crippen molar-refractivity contribution in [3.8, 4) is 0 Å². The third kappa shape index (κ3) is 10.4. The maximum absolute atomic E-state index is 12.8. The second-order valence-electron chi connectivity index (χ2n) is 10.2. The molecule has 0 bridgehead atoms. The number of anilines is 1. The van der Waals surface area contributed by atoms with E-state index in [4.69, 9.17) is 4.74 Å². The molecular formula is C23H37N5O8. The zero-order valence-corrected chi connectivity index (χ0v) is 21.5. The van der Waals surface area contributed by atoms with Crippen LogP contribution in [0.4, 0.5) is 10.6 Å². The summed E-state index contributed by atoms with van der Waals surface area (Å²) in [6.07, 6.45) is 0.371. The molecule has 1 unspecified atom stereocenters. The molecule has 0 saturated heterocycles. The molecule has 1 aromatic heterocycles. The summed E-state index contributed by atoms with van der Waals surface area (Å²) in [5.41, 5.74) is 6.02. The molecular weight excluding hydrogens is 474 g/mol. The Morgan fingerprint density at radius 1 is 1.06 bits per heavy atom. The minimum Gasteiger partial charge on any atom is -0.481 e. The molecule has 1 heterocycles. The average Bonchev–Trinajstić information content (AvgIpc) is 2.73. The van der Waals surface area contributed by atoms with E-state index in [0.29, 0.717) is 0 Å². The lowest BCUT2D eigenvalue weighted by atomic mass is 9.77. The standard InChI is InChI=1S/C23H37N5O8/c1-22(2,3)15(19(31)32)12-16(20(33)34)28(10-7-11-29)27-18(30)14-8-9-17(24-13-14)25-26-21(35)36-23(4,5)6/h8-9,13,15-16,29H,7,10-12H2,1-6H3,(H,24,25)(H,26,35)(H,27,30)(H,31,32)(H,33,34)/t15?,16-/m0/s1. The fourth-order valence-electron chi connectivity index (χ4n) is 3.16. The SMILES string of the molecule is CC(C)(C)OC(=O)NNc1ccc(C(=O)NN(CCCO)[C@@H](CC(C(=O)O)C(C)(C)C)C(=O)O)cn1. The Bertz CT molecular complexity index is 909. The lowest BCUT2D eigenvalue weighted by molar-refractivity contribution is -0.150. The molecule has 13 heteroatoms. The molecule has 13 nitrogen and oxygen atoms in total. The van der Waals surface area contributed by atoms with Gasteiger partial charge in [0.15, 0.2) is 0 Å². The van der Waals surface area contributed by atoms with E-state index in [-0.39, 0.29) is 37.4 Å². The van der Waals surface area contributed by atoms with E-state index in [1.165, 1.54) is 18.3 Å². The Morgan fingerprint density at radius 3 is 2.14 bits per heavy atom. The molecule has 0 saturated carbocycles. The van der Waals surface area contributed by atoms with Crippen LogP contribution in [-0.4, -0.2) is 74.0 Å². The molecule has 2 atom stereocenters. The molecule has 0 fully saturated rings. The summed E-state index contributed by atoms with van der Waals surface area (Å²) < 4.78 is 5.09. The number of nitrogens with one attached hydrogen (secondary N) is 3. The minimum atomic E-state index is -1.35. The van der Waals surface area contributed by atoms with Gasteiger partial charge >= 0.3 is 18.0 Å². The van der Waals surface area contributed by atoms with E-state index in [1.807, 2.05) is 0 Å². The van der Waals surface area contributed by atoms with Gasteiger partial charge in [0.1, 0.15) is 17.5 Å². The van der Waals surface area contributed by atoms with Crippen molar-refractivity contribution in [2.24, 2.45) is 11.3 Å². The number of hydrogen-bond acceptors (Lipinski definition) is 9. The number of nitrogens with zero attached hydrogens (tertiary/aromatic N) is 2. The van der Waals surface area contributed by atoms with Crippen LogP contribution in [0.1, 0.15) is 64.7 Å². The first kappa shape index (κ1) is 30.6. The number of aliphatic carboxylic acids is 2. The molecule has 1 rings (SSSR count). The molecule has 36 heavy (non-hydrogen) atoms. The van der Waals surface area contributed by atoms with Gasteiger partial charge in [-0.3, -0.25) is 25.2 Å². The monoisotopic (exact) mass is 511 g/mol. The van der Waals surface area contributed by atoms with E-state index >= 15 is 0 Å². The molecule has 1 aromatic rings. The quantitative estimate of drug-likeness (QED) is 0.224. The Labute approximate surface area is 210 Å². The van der Waals surface area contributed by atoms with Crippen LogP contribution in [0.25, 0.3) is 0 Å². The van der Waals surface area contributed by atoms with Gasteiger partial charge in [-0.05, 0) is 51.2 Å². The van der Waals surface area contributed by atoms with Crippen LogP contribution < -0.4 is 16.3 Å². The van der Waals surface area contributed by atoms with Gasteiger partial charge < -0.3 is 20.1 Å². The summed E-state index contributed by atoms with van der Waals surface area (Å²) in [6, 6.07) is 1.46. The zero-order chi connectivity index (χ0) is 27.7. The number of aliphatic hydroxyl groups excluding tert-OH is 1. The minimum absolute atomic E-state index is 0.0252. The van der Waals surface area contributed by atoms with Crippen LogP contribution in [-0.2, 0) is 14.3 Å². The number of carboxylic acid groups (broad SMARTS) is 2. The van der Waals surface area contributed by atoms with Crippen LogP contribution in [0.5, 0.6) is 0 Å². The average molecular weight is 512 g/mol. The van der Waals surface area contributed by atoms with Gasteiger partial charge in [0.05, 0.1) is 11.5 Å². The Morgan fingerprint density at radius 2 is 1.69 bits per heavy atom. The van der Waals surface area contributed by atoms with Crippen molar-refractivity contribution < 1.29 is 39.2 Å². The molecule has 2 amide bonds. The molecule has 6 N–H and O–H groups in total. The first-order valence-corrected chi connectivity index (χ1v) is 11.4. The predicted octanol–water partition coefficient (Wildman–Crippen LogP) is 1.85. The van der Waals surface area contributed by atoms with E-state index in [0.717, 1.165) is 5.01 Å². The lowest BCUT2D eigenvalue weighted by Crippen LogP contribution is -2.54. The largest absolute Gasteiger partial charge is 0.481 e. The second kappa shape index (κ2) is 13.0. The number of carbonyl (C=O) groups is 4. The summed E-state index contributed by atoms with van der Waals surface area (Å²) >= 11 is 0. The van der Waals surface area contributed by atoms with Crippen molar-refractivity contribution >= 4 is 29.8 Å². The number of rotatable bonds is 12.